The third-order valence-corrected chi connectivity index (χ3v) is 6.93. The minimum absolute atomic E-state index is 0.0548. The first kappa shape index (κ1) is 30.2. The normalized spacial score (nSPS) is 12.9. The summed E-state index contributed by atoms with van der Waals surface area (Å²) < 4.78 is 64.2. The van der Waals surface area contributed by atoms with Crippen LogP contribution in [0.3, 0.4) is 0 Å². The van der Waals surface area contributed by atoms with Crippen molar-refractivity contribution in [1.29, 1.82) is 5.26 Å². The Labute approximate surface area is 248 Å². The number of amides is 2. The van der Waals surface area contributed by atoms with Gasteiger partial charge in [-0.05, 0) is 60.2 Å². The number of aromatic nitrogens is 2. The van der Waals surface area contributed by atoms with E-state index in [4.69, 9.17) is 15.1 Å². The maximum atomic E-state index is 16.1. The first-order valence-electron chi connectivity index (χ1n) is 13.5. The molecule has 0 saturated heterocycles. The number of alkyl halides is 3. The third-order valence-electron chi connectivity index (χ3n) is 6.93. The minimum atomic E-state index is -4.91. The number of nitriles is 1. The molecule has 2 N–H and O–H groups in total. The number of hydrogen-bond donors (Lipinski definition) is 2. The zero-order valence-electron chi connectivity index (χ0n) is 23.0. The summed E-state index contributed by atoms with van der Waals surface area (Å²) in [5, 5.41) is 23.9. The van der Waals surface area contributed by atoms with Gasteiger partial charge in [0.2, 0.25) is 0 Å². The largest absolute Gasteiger partial charge is 0.465 e. The van der Waals surface area contributed by atoms with Gasteiger partial charge in [0.1, 0.15) is 12.4 Å². The second-order valence-corrected chi connectivity index (χ2v) is 10.2. The van der Waals surface area contributed by atoms with E-state index in [1.165, 1.54) is 48.5 Å². The third kappa shape index (κ3) is 6.87. The highest BCUT2D eigenvalue weighted by atomic mass is 19.4. The molecule has 1 saturated carbocycles. The molecule has 1 aromatic heterocycles. The van der Waals surface area contributed by atoms with E-state index in [9.17, 15) is 22.8 Å². The molecular weight excluding hydrogens is 582 g/mol. The van der Waals surface area contributed by atoms with Crippen LogP contribution >= 0.6 is 0 Å². The van der Waals surface area contributed by atoms with Gasteiger partial charge < -0.3 is 15.2 Å². The summed E-state index contributed by atoms with van der Waals surface area (Å²) in [5.74, 6) is -1.54. The quantitative estimate of drug-likeness (QED) is 0.160. The van der Waals surface area contributed by atoms with Gasteiger partial charge in [0.25, 0.3) is 5.91 Å². The predicted molar refractivity (Wildman–Crippen MR) is 150 cm³/mol. The van der Waals surface area contributed by atoms with Crippen LogP contribution in [0.5, 0.6) is 0 Å². The lowest BCUT2D eigenvalue weighted by atomic mass is 10.0. The molecule has 0 unspecified atom stereocenters. The van der Waals surface area contributed by atoms with Crippen LogP contribution in [0.25, 0.3) is 16.8 Å². The van der Waals surface area contributed by atoms with Gasteiger partial charge in [-0.1, -0.05) is 36.4 Å². The second-order valence-electron chi connectivity index (χ2n) is 10.2. The van der Waals surface area contributed by atoms with Crippen LogP contribution in [-0.2, 0) is 17.5 Å². The average molecular weight is 608 g/mol. The molecule has 5 rings (SSSR count). The number of nitrogens with one attached hydrogen (secondary N) is 1. The molecule has 2 amide bonds. The number of rotatable bonds is 10. The van der Waals surface area contributed by atoms with Crippen molar-refractivity contribution in [2.24, 2.45) is 5.92 Å². The lowest BCUT2D eigenvalue weighted by molar-refractivity contribution is -0.141. The van der Waals surface area contributed by atoms with E-state index in [1.807, 2.05) is 6.07 Å². The van der Waals surface area contributed by atoms with Crippen LogP contribution < -0.4 is 10.2 Å². The zero-order chi connectivity index (χ0) is 31.4. The highest BCUT2D eigenvalue weighted by Crippen LogP contribution is 2.34. The molecule has 0 aliphatic heterocycles. The molecule has 3 aromatic carbocycles. The molecule has 9 nitrogen and oxygen atoms in total. The molecular formula is C31H25F4N5O4. The summed E-state index contributed by atoms with van der Waals surface area (Å²) in [6, 6.07) is 18.8. The highest BCUT2D eigenvalue weighted by Gasteiger charge is 2.37. The fraction of sp³-hybridized carbons (Fsp3) is 0.226. The van der Waals surface area contributed by atoms with E-state index in [-0.39, 0.29) is 36.0 Å². The first-order valence-corrected chi connectivity index (χ1v) is 13.5. The van der Waals surface area contributed by atoms with E-state index in [1.54, 1.807) is 18.2 Å². The van der Waals surface area contributed by atoms with Gasteiger partial charge in [-0.3, -0.25) is 9.69 Å². The number of ether oxygens (including phenoxy) is 1. The molecule has 0 bridgehead atoms. The standard InChI is InChI=1S/C31H25F4N5O4/c32-28-24(22-11-9-19(15-36)10-12-22)5-2-6-25(28)39(18-44-17-20-7-8-20)29(41)26-14-27(31(33,34)35)38-40(26)23-4-1-3-21(13-23)16-37-30(42)43/h1-6,9-14,20,37H,7-8,16-18H2,(H,42,43). The summed E-state index contributed by atoms with van der Waals surface area (Å²) in [5.41, 5.74) is -0.738. The Kier molecular flexibility index (Phi) is 8.64. The van der Waals surface area contributed by atoms with Crippen LogP contribution in [0.15, 0.2) is 72.8 Å². The van der Waals surface area contributed by atoms with E-state index >= 15 is 4.39 Å². The van der Waals surface area contributed by atoms with Crippen molar-refractivity contribution in [1.82, 2.24) is 15.1 Å². The van der Waals surface area contributed by atoms with Gasteiger partial charge in [0.05, 0.1) is 29.6 Å². The van der Waals surface area contributed by atoms with Crippen LogP contribution in [0.1, 0.15) is 40.2 Å². The minimum Gasteiger partial charge on any atom is -0.465 e. The van der Waals surface area contributed by atoms with Crippen molar-refractivity contribution in [2.75, 3.05) is 18.2 Å². The van der Waals surface area contributed by atoms with Gasteiger partial charge in [0, 0.05) is 18.2 Å². The van der Waals surface area contributed by atoms with Gasteiger partial charge in [-0.25, -0.2) is 13.9 Å². The summed E-state index contributed by atoms with van der Waals surface area (Å²) in [6.07, 6.45) is -4.33. The fourth-order valence-corrected chi connectivity index (χ4v) is 4.49. The Bertz CT molecular complexity index is 1730. The maximum Gasteiger partial charge on any atom is 0.435 e. The number of carboxylic acid groups (broad SMARTS) is 1. The Balaban J connectivity index is 1.58. The Hall–Kier alpha value is -5.22. The molecule has 13 heteroatoms. The lowest BCUT2D eigenvalue weighted by Crippen LogP contribution is -2.35. The van der Waals surface area contributed by atoms with Gasteiger partial charge in [0.15, 0.2) is 11.5 Å². The smallest absolute Gasteiger partial charge is 0.435 e. The van der Waals surface area contributed by atoms with Crippen molar-refractivity contribution < 1.29 is 37.0 Å². The number of benzene rings is 3. The highest BCUT2D eigenvalue weighted by molar-refractivity contribution is 6.05. The molecule has 0 radical (unpaired) electrons. The van der Waals surface area contributed by atoms with Crippen LogP contribution in [0.2, 0.25) is 0 Å². The maximum absolute atomic E-state index is 16.1. The SMILES string of the molecule is N#Cc1ccc(-c2cccc(N(COCC3CC3)C(=O)c3cc(C(F)(F)F)nn3-c3cccc(CNC(=O)O)c3)c2F)cc1. The van der Waals surface area contributed by atoms with Crippen molar-refractivity contribution in [3.8, 4) is 22.9 Å². The van der Waals surface area contributed by atoms with Crippen molar-refractivity contribution >= 4 is 17.7 Å². The molecule has 1 heterocycles. The van der Waals surface area contributed by atoms with E-state index in [0.29, 0.717) is 22.8 Å². The van der Waals surface area contributed by atoms with Crippen LogP contribution in [-0.4, -0.2) is 40.2 Å². The zero-order valence-corrected chi connectivity index (χ0v) is 23.0. The molecule has 0 atom stereocenters. The number of halogens is 4. The van der Waals surface area contributed by atoms with Crippen molar-refractivity contribution in [3.05, 3.63) is 101 Å². The second kappa shape index (κ2) is 12.6. The van der Waals surface area contributed by atoms with Crippen molar-refractivity contribution in [2.45, 2.75) is 25.6 Å². The molecule has 1 aliphatic carbocycles. The van der Waals surface area contributed by atoms with E-state index in [0.717, 1.165) is 22.4 Å². The summed E-state index contributed by atoms with van der Waals surface area (Å²) in [7, 11) is 0. The Morgan fingerprint density at radius 3 is 2.48 bits per heavy atom. The van der Waals surface area contributed by atoms with E-state index in [2.05, 4.69) is 10.4 Å². The number of nitrogens with zero attached hydrogens (tertiary/aromatic N) is 4. The van der Waals surface area contributed by atoms with E-state index < -0.39 is 42.1 Å². The summed E-state index contributed by atoms with van der Waals surface area (Å²) >= 11 is 0. The average Bonchev–Trinajstić information content (AvgIpc) is 3.72. The molecule has 1 aliphatic rings. The molecule has 44 heavy (non-hydrogen) atoms. The molecule has 226 valence electrons. The number of carbonyl (C=O) groups excluding carboxylic acids is 1. The fourth-order valence-electron chi connectivity index (χ4n) is 4.49. The number of carbonyl (C=O) groups is 2. The number of hydrogen-bond acceptors (Lipinski definition) is 5. The predicted octanol–water partition coefficient (Wildman–Crippen LogP) is 6.37. The topological polar surface area (TPSA) is 120 Å². The molecule has 4 aromatic rings. The lowest BCUT2D eigenvalue weighted by Gasteiger charge is -2.24. The summed E-state index contributed by atoms with van der Waals surface area (Å²) in [6.45, 7) is -0.307. The van der Waals surface area contributed by atoms with Crippen LogP contribution in [0.4, 0.5) is 28.0 Å². The van der Waals surface area contributed by atoms with Gasteiger partial charge >= 0.3 is 12.3 Å². The number of anilines is 1. The van der Waals surface area contributed by atoms with Gasteiger partial charge in [-0.15, -0.1) is 0 Å². The molecule has 1 fully saturated rings. The first-order chi connectivity index (χ1) is 21.0. The summed E-state index contributed by atoms with van der Waals surface area (Å²) in [4.78, 5) is 25.9. The monoisotopic (exact) mass is 607 g/mol. The Morgan fingerprint density at radius 1 is 1.09 bits per heavy atom. The van der Waals surface area contributed by atoms with Crippen molar-refractivity contribution in [3.63, 3.8) is 0 Å². The molecule has 0 spiro atoms. The van der Waals surface area contributed by atoms with Crippen LogP contribution in [0, 0.1) is 23.1 Å². The Morgan fingerprint density at radius 2 is 1.82 bits per heavy atom. The van der Waals surface area contributed by atoms with Gasteiger partial charge in [-0.2, -0.15) is 23.5 Å².